The lowest BCUT2D eigenvalue weighted by Gasteiger charge is -2.30. The first-order chi connectivity index (χ1) is 9.97. The van der Waals surface area contributed by atoms with Gasteiger partial charge in [0.15, 0.2) is 6.61 Å². The van der Waals surface area contributed by atoms with Crippen molar-refractivity contribution in [2.75, 3.05) is 20.2 Å². The van der Waals surface area contributed by atoms with Gasteiger partial charge in [-0.3, -0.25) is 9.59 Å². The Balaban J connectivity index is 1.84. The molecule has 0 bridgehead atoms. The highest BCUT2D eigenvalue weighted by atomic mass is 16.5. The first-order valence-electron chi connectivity index (χ1n) is 7.19. The first kappa shape index (κ1) is 15.4. The summed E-state index contributed by atoms with van der Waals surface area (Å²) in [6.07, 6.45) is 1.18. The van der Waals surface area contributed by atoms with Crippen molar-refractivity contribution < 1.29 is 14.3 Å². The van der Waals surface area contributed by atoms with Crippen molar-refractivity contribution in [3.63, 3.8) is 0 Å². The largest absolute Gasteiger partial charge is 0.483 e. The van der Waals surface area contributed by atoms with Crippen LogP contribution >= 0.6 is 0 Å². The van der Waals surface area contributed by atoms with Gasteiger partial charge in [-0.25, -0.2) is 0 Å². The molecule has 2 amide bonds. The highest BCUT2D eigenvalue weighted by Crippen LogP contribution is 2.22. The van der Waals surface area contributed by atoms with E-state index in [2.05, 4.69) is 5.32 Å². The van der Waals surface area contributed by atoms with Crippen LogP contribution in [0.1, 0.15) is 24.0 Å². The van der Waals surface area contributed by atoms with Crippen LogP contribution < -0.4 is 10.1 Å². The van der Waals surface area contributed by atoms with Crippen molar-refractivity contribution in [1.29, 1.82) is 0 Å². The number of nitrogens with one attached hydrogen (secondary N) is 1. The number of amides is 2. The molecule has 0 spiro atoms. The van der Waals surface area contributed by atoms with E-state index in [1.807, 2.05) is 32.0 Å². The maximum Gasteiger partial charge on any atom is 0.258 e. The summed E-state index contributed by atoms with van der Waals surface area (Å²) in [4.78, 5) is 25.0. The molecule has 1 aromatic carbocycles. The summed E-state index contributed by atoms with van der Waals surface area (Å²) < 4.78 is 5.63. The molecule has 1 aliphatic rings. The van der Waals surface area contributed by atoms with Crippen LogP contribution in [0.25, 0.3) is 0 Å². The number of carbonyl (C=O) groups excluding carboxylic acids is 2. The van der Waals surface area contributed by atoms with Crippen molar-refractivity contribution in [2.24, 2.45) is 0 Å². The maximum absolute atomic E-state index is 12.0. The van der Waals surface area contributed by atoms with Gasteiger partial charge in [-0.05, 0) is 31.4 Å². The predicted molar refractivity (Wildman–Crippen MR) is 80.2 cm³/mol. The van der Waals surface area contributed by atoms with Crippen molar-refractivity contribution >= 4 is 11.8 Å². The Bertz CT molecular complexity index is 522. The SMILES string of the molecule is Cc1cccc(C)c1OCC(=O)NC1CCC(=O)N(C)C1. The third kappa shape index (κ3) is 3.97. The Kier molecular flexibility index (Phi) is 4.83. The number of rotatable bonds is 4. The number of piperidine rings is 1. The number of aryl methyl sites for hydroxylation is 2. The zero-order valence-electron chi connectivity index (χ0n) is 12.8. The van der Waals surface area contributed by atoms with Gasteiger partial charge in [-0.2, -0.15) is 0 Å². The number of likely N-dealkylation sites (N-methyl/N-ethyl adjacent to an activating group) is 1. The third-order valence-electron chi connectivity index (χ3n) is 3.75. The van der Waals surface area contributed by atoms with Crippen LogP contribution in [0.5, 0.6) is 5.75 Å². The van der Waals surface area contributed by atoms with Gasteiger partial charge >= 0.3 is 0 Å². The molecular formula is C16H22N2O3. The summed E-state index contributed by atoms with van der Waals surface area (Å²) >= 11 is 0. The molecule has 2 rings (SSSR count). The van der Waals surface area contributed by atoms with Crippen LogP contribution in [0, 0.1) is 13.8 Å². The van der Waals surface area contributed by atoms with Crippen molar-refractivity contribution in [1.82, 2.24) is 10.2 Å². The van der Waals surface area contributed by atoms with E-state index in [1.54, 1.807) is 11.9 Å². The molecule has 0 saturated carbocycles. The predicted octanol–water partition coefficient (Wildman–Crippen LogP) is 1.42. The molecule has 114 valence electrons. The summed E-state index contributed by atoms with van der Waals surface area (Å²) in [5.41, 5.74) is 2.04. The molecule has 5 heteroatoms. The van der Waals surface area contributed by atoms with E-state index >= 15 is 0 Å². The Labute approximate surface area is 125 Å². The average molecular weight is 290 g/mol. The standard InChI is InChI=1S/C16H22N2O3/c1-11-5-4-6-12(2)16(11)21-10-14(19)17-13-7-8-15(20)18(3)9-13/h4-6,13H,7-10H2,1-3H3,(H,17,19). The number of para-hydroxylation sites is 1. The van der Waals surface area contributed by atoms with Crippen molar-refractivity contribution in [3.8, 4) is 5.75 Å². The molecule has 1 aromatic rings. The lowest BCUT2D eigenvalue weighted by atomic mass is 10.1. The minimum absolute atomic E-state index is 0.000145. The van der Waals surface area contributed by atoms with Crippen LogP contribution in [0.4, 0.5) is 0 Å². The molecule has 1 aliphatic heterocycles. The fourth-order valence-corrected chi connectivity index (χ4v) is 2.56. The Morgan fingerprint density at radius 2 is 2.05 bits per heavy atom. The lowest BCUT2D eigenvalue weighted by molar-refractivity contribution is -0.134. The Morgan fingerprint density at radius 1 is 1.38 bits per heavy atom. The molecule has 1 N–H and O–H groups in total. The van der Waals surface area contributed by atoms with Crippen LogP contribution in [0.15, 0.2) is 18.2 Å². The quantitative estimate of drug-likeness (QED) is 0.912. The lowest BCUT2D eigenvalue weighted by Crippen LogP contribution is -2.49. The van der Waals surface area contributed by atoms with Crippen LogP contribution in [0.2, 0.25) is 0 Å². The van der Waals surface area contributed by atoms with E-state index < -0.39 is 0 Å². The van der Waals surface area contributed by atoms with Gasteiger partial charge in [-0.1, -0.05) is 18.2 Å². The molecular weight excluding hydrogens is 268 g/mol. The van der Waals surface area contributed by atoms with Gasteiger partial charge < -0.3 is 15.0 Å². The van der Waals surface area contributed by atoms with E-state index in [1.165, 1.54) is 0 Å². The van der Waals surface area contributed by atoms with Gasteiger partial charge in [0, 0.05) is 26.1 Å². The minimum atomic E-state index is -0.148. The molecule has 1 fully saturated rings. The zero-order valence-corrected chi connectivity index (χ0v) is 12.8. The molecule has 0 radical (unpaired) electrons. The van der Waals surface area contributed by atoms with E-state index in [-0.39, 0.29) is 24.5 Å². The van der Waals surface area contributed by atoms with Gasteiger partial charge in [0.05, 0.1) is 0 Å². The average Bonchev–Trinajstić information content (AvgIpc) is 2.42. The number of hydrogen-bond donors (Lipinski definition) is 1. The topological polar surface area (TPSA) is 58.6 Å². The summed E-state index contributed by atoms with van der Waals surface area (Å²) in [5.74, 6) is 0.751. The van der Waals surface area contributed by atoms with E-state index in [0.29, 0.717) is 19.4 Å². The smallest absolute Gasteiger partial charge is 0.258 e. The van der Waals surface area contributed by atoms with Crippen LogP contribution in [-0.4, -0.2) is 43.0 Å². The second-order valence-corrected chi connectivity index (χ2v) is 5.59. The third-order valence-corrected chi connectivity index (χ3v) is 3.75. The molecule has 0 aliphatic carbocycles. The molecule has 1 saturated heterocycles. The number of hydrogen-bond acceptors (Lipinski definition) is 3. The first-order valence-corrected chi connectivity index (χ1v) is 7.19. The van der Waals surface area contributed by atoms with E-state index in [0.717, 1.165) is 16.9 Å². The van der Waals surface area contributed by atoms with E-state index in [4.69, 9.17) is 4.74 Å². The Morgan fingerprint density at radius 3 is 2.67 bits per heavy atom. The minimum Gasteiger partial charge on any atom is -0.483 e. The second-order valence-electron chi connectivity index (χ2n) is 5.59. The molecule has 1 atom stereocenters. The van der Waals surface area contributed by atoms with Gasteiger partial charge in [-0.15, -0.1) is 0 Å². The van der Waals surface area contributed by atoms with Crippen molar-refractivity contribution in [2.45, 2.75) is 32.7 Å². The summed E-state index contributed by atoms with van der Waals surface area (Å²) in [5, 5.41) is 2.92. The highest BCUT2D eigenvalue weighted by molar-refractivity contribution is 5.79. The summed E-state index contributed by atoms with van der Waals surface area (Å²) in [6.45, 7) is 4.48. The van der Waals surface area contributed by atoms with Gasteiger partial charge in [0.2, 0.25) is 5.91 Å². The molecule has 1 heterocycles. The van der Waals surface area contributed by atoms with Crippen LogP contribution in [-0.2, 0) is 9.59 Å². The number of ether oxygens (including phenoxy) is 1. The van der Waals surface area contributed by atoms with Gasteiger partial charge in [0.25, 0.3) is 5.91 Å². The summed E-state index contributed by atoms with van der Waals surface area (Å²) in [6, 6.07) is 5.90. The fraction of sp³-hybridized carbons (Fsp3) is 0.500. The number of nitrogens with zero attached hydrogens (tertiary/aromatic N) is 1. The normalized spacial score (nSPS) is 18.5. The zero-order chi connectivity index (χ0) is 15.4. The van der Waals surface area contributed by atoms with Crippen LogP contribution in [0.3, 0.4) is 0 Å². The number of carbonyl (C=O) groups is 2. The number of likely N-dealkylation sites (tertiary alicyclic amines) is 1. The Hall–Kier alpha value is -2.04. The number of benzene rings is 1. The van der Waals surface area contributed by atoms with E-state index in [9.17, 15) is 9.59 Å². The van der Waals surface area contributed by atoms with Gasteiger partial charge in [0.1, 0.15) is 5.75 Å². The monoisotopic (exact) mass is 290 g/mol. The molecule has 0 aromatic heterocycles. The molecule has 1 unspecified atom stereocenters. The maximum atomic E-state index is 12.0. The molecule has 5 nitrogen and oxygen atoms in total. The molecule has 21 heavy (non-hydrogen) atoms. The fourth-order valence-electron chi connectivity index (χ4n) is 2.56. The summed E-state index contributed by atoms with van der Waals surface area (Å²) in [7, 11) is 1.76. The van der Waals surface area contributed by atoms with Crippen molar-refractivity contribution in [3.05, 3.63) is 29.3 Å². The highest BCUT2D eigenvalue weighted by Gasteiger charge is 2.24. The second kappa shape index (κ2) is 6.61.